The number of amides is 2. The van der Waals surface area contributed by atoms with E-state index in [9.17, 15) is 9.59 Å². The van der Waals surface area contributed by atoms with Gasteiger partial charge in [-0.05, 0) is 50.2 Å². The number of carbonyl (C=O) groups is 2. The van der Waals surface area contributed by atoms with Gasteiger partial charge < -0.3 is 10.2 Å². The van der Waals surface area contributed by atoms with Crippen LogP contribution in [0.4, 0.5) is 0 Å². The van der Waals surface area contributed by atoms with Crippen LogP contribution in [0.1, 0.15) is 49.4 Å². The average molecular weight is 377 g/mol. The normalized spacial score (nSPS) is 19.0. The van der Waals surface area contributed by atoms with Crippen molar-refractivity contribution < 1.29 is 9.59 Å². The van der Waals surface area contributed by atoms with Gasteiger partial charge in [-0.15, -0.1) is 0 Å². The molecule has 1 aliphatic heterocycles. The van der Waals surface area contributed by atoms with Gasteiger partial charge in [-0.25, -0.2) is 0 Å². The lowest BCUT2D eigenvalue weighted by Crippen LogP contribution is -2.52. The fourth-order valence-corrected chi connectivity index (χ4v) is 4.30. The smallest absolute Gasteiger partial charge is 0.253 e. The van der Waals surface area contributed by atoms with Gasteiger partial charge in [0.1, 0.15) is 6.04 Å². The Bertz CT molecular complexity index is 834. The number of rotatable bonds is 4. The van der Waals surface area contributed by atoms with Crippen LogP contribution in [0.3, 0.4) is 0 Å². The highest BCUT2D eigenvalue weighted by atomic mass is 16.2. The number of aromatic nitrogens is 1. The van der Waals surface area contributed by atoms with E-state index in [1.807, 2.05) is 41.3 Å². The summed E-state index contributed by atoms with van der Waals surface area (Å²) in [4.78, 5) is 31.5. The second-order valence-electron chi connectivity index (χ2n) is 8.17. The van der Waals surface area contributed by atoms with Crippen LogP contribution in [0, 0.1) is 5.41 Å². The zero-order valence-electron chi connectivity index (χ0n) is 16.4. The van der Waals surface area contributed by atoms with Gasteiger partial charge >= 0.3 is 0 Å². The molecule has 2 aliphatic rings. The Morgan fingerprint density at radius 3 is 2.32 bits per heavy atom. The number of piperidine rings is 1. The summed E-state index contributed by atoms with van der Waals surface area (Å²) in [6.07, 6.45) is 7.72. The van der Waals surface area contributed by atoms with Gasteiger partial charge in [-0.2, -0.15) is 0 Å². The number of carbonyl (C=O) groups excluding carboxylic acids is 2. The van der Waals surface area contributed by atoms with Crippen LogP contribution in [0.25, 0.3) is 11.3 Å². The number of hydrogen-bond acceptors (Lipinski definition) is 3. The van der Waals surface area contributed by atoms with Gasteiger partial charge in [0.05, 0.1) is 11.3 Å². The van der Waals surface area contributed by atoms with E-state index >= 15 is 0 Å². The molecule has 1 aliphatic carbocycles. The van der Waals surface area contributed by atoms with E-state index in [-0.39, 0.29) is 11.8 Å². The van der Waals surface area contributed by atoms with Gasteiger partial charge in [-0.1, -0.05) is 36.8 Å². The zero-order valence-corrected chi connectivity index (χ0v) is 16.4. The van der Waals surface area contributed by atoms with Gasteiger partial charge in [0.15, 0.2) is 0 Å². The summed E-state index contributed by atoms with van der Waals surface area (Å²) >= 11 is 0. The Morgan fingerprint density at radius 2 is 1.75 bits per heavy atom. The first kappa shape index (κ1) is 18.7. The minimum atomic E-state index is -0.531. The topological polar surface area (TPSA) is 62.3 Å². The van der Waals surface area contributed by atoms with Crippen molar-refractivity contribution in [3.63, 3.8) is 0 Å². The van der Waals surface area contributed by atoms with E-state index in [1.165, 1.54) is 19.3 Å². The van der Waals surface area contributed by atoms with Crippen molar-refractivity contribution in [3.8, 4) is 11.3 Å². The van der Waals surface area contributed by atoms with Crippen molar-refractivity contribution in [2.75, 3.05) is 13.1 Å². The maximum Gasteiger partial charge on any atom is 0.253 e. The van der Waals surface area contributed by atoms with E-state index in [0.29, 0.717) is 11.0 Å². The SMILES string of the molecule is CC(NC(=O)c1ccc(-c2ccccc2)nc1)C(=O)N1CCC2(CCC2)CC1. The van der Waals surface area contributed by atoms with Gasteiger partial charge in [0.2, 0.25) is 5.91 Å². The Balaban J connectivity index is 1.33. The lowest BCUT2D eigenvalue weighted by molar-refractivity contribution is -0.136. The number of likely N-dealkylation sites (tertiary alicyclic amines) is 1. The van der Waals surface area contributed by atoms with Crippen molar-refractivity contribution >= 4 is 11.8 Å². The molecule has 5 heteroatoms. The molecule has 5 nitrogen and oxygen atoms in total. The molecular weight excluding hydrogens is 350 g/mol. The monoisotopic (exact) mass is 377 g/mol. The first-order valence-electron chi connectivity index (χ1n) is 10.2. The van der Waals surface area contributed by atoms with E-state index in [1.54, 1.807) is 19.2 Å². The highest BCUT2D eigenvalue weighted by molar-refractivity contribution is 5.97. The van der Waals surface area contributed by atoms with Crippen molar-refractivity contribution in [1.29, 1.82) is 0 Å². The maximum absolute atomic E-state index is 12.7. The van der Waals surface area contributed by atoms with Crippen molar-refractivity contribution in [3.05, 3.63) is 54.2 Å². The predicted molar refractivity (Wildman–Crippen MR) is 109 cm³/mol. The second-order valence-corrected chi connectivity index (χ2v) is 8.17. The molecule has 2 heterocycles. The average Bonchev–Trinajstić information content (AvgIpc) is 2.73. The molecule has 4 rings (SSSR count). The zero-order chi connectivity index (χ0) is 19.6. The molecule has 2 fully saturated rings. The Labute approximate surface area is 166 Å². The lowest BCUT2D eigenvalue weighted by Gasteiger charge is -2.48. The van der Waals surface area contributed by atoms with Crippen LogP contribution in [0.15, 0.2) is 48.7 Å². The number of nitrogens with zero attached hydrogens (tertiary/aromatic N) is 2. The van der Waals surface area contributed by atoms with E-state index in [0.717, 1.165) is 37.2 Å². The van der Waals surface area contributed by atoms with Gasteiger partial charge in [-0.3, -0.25) is 14.6 Å². The third-order valence-electron chi connectivity index (χ3n) is 6.36. The second kappa shape index (κ2) is 7.74. The van der Waals surface area contributed by atoms with Gasteiger partial charge in [0, 0.05) is 24.8 Å². The van der Waals surface area contributed by atoms with Crippen LogP contribution >= 0.6 is 0 Å². The van der Waals surface area contributed by atoms with Crippen LogP contribution in [0.5, 0.6) is 0 Å². The highest BCUT2D eigenvalue weighted by Crippen LogP contribution is 2.48. The summed E-state index contributed by atoms with van der Waals surface area (Å²) in [6.45, 7) is 3.39. The molecule has 1 N–H and O–H groups in total. The lowest BCUT2D eigenvalue weighted by atomic mass is 9.63. The molecule has 2 amide bonds. The minimum Gasteiger partial charge on any atom is -0.341 e. The van der Waals surface area contributed by atoms with Crippen molar-refractivity contribution in [2.45, 2.75) is 45.1 Å². The molecule has 1 atom stereocenters. The van der Waals surface area contributed by atoms with Crippen LogP contribution in [-0.2, 0) is 4.79 Å². The Hall–Kier alpha value is -2.69. The fourth-order valence-electron chi connectivity index (χ4n) is 4.30. The molecule has 1 spiro atoms. The fraction of sp³-hybridized carbons (Fsp3) is 0.435. The summed E-state index contributed by atoms with van der Waals surface area (Å²) in [5.41, 5.74) is 2.80. The molecule has 1 aromatic heterocycles. The third-order valence-corrected chi connectivity index (χ3v) is 6.36. The van der Waals surface area contributed by atoms with E-state index < -0.39 is 6.04 Å². The van der Waals surface area contributed by atoms with E-state index in [2.05, 4.69) is 10.3 Å². The molecule has 1 aromatic carbocycles. The molecule has 28 heavy (non-hydrogen) atoms. The third kappa shape index (κ3) is 3.79. The number of pyridine rings is 1. The molecule has 2 aromatic rings. The van der Waals surface area contributed by atoms with Crippen molar-refractivity contribution in [1.82, 2.24) is 15.2 Å². The Kier molecular flexibility index (Phi) is 5.16. The molecular formula is C23H27N3O2. The number of hydrogen-bond donors (Lipinski definition) is 1. The number of nitrogens with one attached hydrogen (secondary N) is 1. The van der Waals surface area contributed by atoms with Crippen LogP contribution in [-0.4, -0.2) is 40.8 Å². The first-order chi connectivity index (χ1) is 13.6. The standard InChI is InChI=1S/C23H27N3O2/c1-17(22(28)26-14-12-23(13-15-26)10-5-11-23)25-21(27)19-8-9-20(24-16-19)18-6-3-2-4-7-18/h2-4,6-9,16-17H,5,10-15H2,1H3,(H,25,27). The summed E-state index contributed by atoms with van der Waals surface area (Å²) in [5.74, 6) is -0.253. The Morgan fingerprint density at radius 1 is 1.04 bits per heavy atom. The molecule has 0 radical (unpaired) electrons. The van der Waals surface area contributed by atoms with Crippen LogP contribution < -0.4 is 5.32 Å². The molecule has 1 unspecified atom stereocenters. The molecule has 146 valence electrons. The molecule has 1 saturated heterocycles. The van der Waals surface area contributed by atoms with Crippen LogP contribution in [0.2, 0.25) is 0 Å². The first-order valence-corrected chi connectivity index (χ1v) is 10.2. The summed E-state index contributed by atoms with van der Waals surface area (Å²) in [5, 5.41) is 2.83. The largest absolute Gasteiger partial charge is 0.341 e. The maximum atomic E-state index is 12.7. The molecule has 1 saturated carbocycles. The van der Waals surface area contributed by atoms with Gasteiger partial charge in [0.25, 0.3) is 5.91 Å². The van der Waals surface area contributed by atoms with Crippen molar-refractivity contribution in [2.24, 2.45) is 5.41 Å². The molecule has 0 bridgehead atoms. The van der Waals surface area contributed by atoms with E-state index in [4.69, 9.17) is 0 Å². The minimum absolute atomic E-state index is 0.0105. The summed E-state index contributed by atoms with van der Waals surface area (Å²) in [6, 6.07) is 12.9. The highest BCUT2D eigenvalue weighted by Gasteiger charge is 2.40. The predicted octanol–water partition coefficient (Wildman–Crippen LogP) is 3.66. The summed E-state index contributed by atoms with van der Waals surface area (Å²) in [7, 11) is 0. The number of benzene rings is 1. The summed E-state index contributed by atoms with van der Waals surface area (Å²) < 4.78 is 0. The quantitative estimate of drug-likeness (QED) is 0.884.